The molecule has 1 heterocycles. The number of methoxy groups -OCH3 is 2. The fraction of sp³-hybridized carbons (Fsp3) is 0.391. The van der Waals surface area contributed by atoms with E-state index in [4.69, 9.17) is 26.4 Å². The molecule has 0 bridgehead atoms. The molecule has 178 valence electrons. The first-order valence-corrected chi connectivity index (χ1v) is 10.8. The first kappa shape index (κ1) is 24.6. The summed E-state index contributed by atoms with van der Waals surface area (Å²) < 4.78 is 54.8. The molecule has 1 aliphatic rings. The van der Waals surface area contributed by atoms with E-state index in [9.17, 15) is 18.0 Å². The van der Waals surface area contributed by atoms with Gasteiger partial charge in [0, 0.05) is 18.7 Å². The number of ether oxygens (including phenoxy) is 3. The highest BCUT2D eigenvalue weighted by molar-refractivity contribution is 7.80. The summed E-state index contributed by atoms with van der Waals surface area (Å²) in [6.07, 6.45) is -2.68. The summed E-state index contributed by atoms with van der Waals surface area (Å²) in [5.41, 5.74) is 0.357. The molecule has 1 fully saturated rings. The van der Waals surface area contributed by atoms with Gasteiger partial charge < -0.3 is 24.4 Å². The van der Waals surface area contributed by atoms with Gasteiger partial charge in [0.05, 0.1) is 26.4 Å². The Kier molecular flexibility index (Phi) is 8.01. The van der Waals surface area contributed by atoms with Crippen molar-refractivity contribution >= 4 is 29.0 Å². The van der Waals surface area contributed by atoms with Crippen LogP contribution >= 0.6 is 12.2 Å². The van der Waals surface area contributed by atoms with Crippen molar-refractivity contribution in [1.82, 2.24) is 4.90 Å². The van der Waals surface area contributed by atoms with Crippen LogP contribution in [0.2, 0.25) is 0 Å². The van der Waals surface area contributed by atoms with Gasteiger partial charge in [0.2, 0.25) is 0 Å². The number of rotatable bonds is 7. The Balaban J connectivity index is 1.56. The van der Waals surface area contributed by atoms with Gasteiger partial charge in [-0.25, -0.2) is 4.79 Å². The topological polar surface area (TPSA) is 60.0 Å². The Morgan fingerprint density at radius 3 is 2.61 bits per heavy atom. The highest BCUT2D eigenvalue weighted by Crippen LogP contribution is 2.31. The predicted octanol–water partition coefficient (Wildman–Crippen LogP) is 4.67. The minimum Gasteiger partial charge on any atom is -0.493 e. The summed E-state index contributed by atoms with van der Waals surface area (Å²) in [6, 6.07) is 9.66. The zero-order valence-corrected chi connectivity index (χ0v) is 19.1. The molecule has 2 aromatic carbocycles. The summed E-state index contributed by atoms with van der Waals surface area (Å²) >= 11 is 5.37. The average Bonchev–Trinajstić information content (AvgIpc) is 3.29. The second kappa shape index (κ2) is 10.7. The number of alkyl halides is 3. The van der Waals surface area contributed by atoms with Gasteiger partial charge >= 0.3 is 12.1 Å². The van der Waals surface area contributed by atoms with Crippen LogP contribution in [-0.2, 0) is 22.1 Å². The Hall–Kier alpha value is -3.01. The number of benzene rings is 2. The van der Waals surface area contributed by atoms with Crippen LogP contribution in [0, 0.1) is 0 Å². The van der Waals surface area contributed by atoms with E-state index in [0.717, 1.165) is 24.1 Å². The third-order valence-corrected chi connectivity index (χ3v) is 5.65. The maximum Gasteiger partial charge on any atom is 0.416 e. The molecular weight excluding hydrogens is 457 g/mol. The summed E-state index contributed by atoms with van der Waals surface area (Å²) in [6.45, 7) is 0.687. The maximum atomic E-state index is 12.9. The standard InChI is InChI=1S/C23H25F3N2O4S/c1-30-19-9-8-15(13-20(19)31-2)10-12-32-21(29)18-7-4-11-28(18)22(33)27-17-6-3-5-16(14-17)23(24,25)26/h3,5-6,8-9,13-14,18H,4,7,10-12H2,1-2H3,(H,27,33)/t18-/m0/s1. The number of hydrogen-bond acceptors (Lipinski definition) is 5. The van der Waals surface area contributed by atoms with Gasteiger partial charge in [0.1, 0.15) is 6.04 Å². The Morgan fingerprint density at radius 2 is 1.91 bits per heavy atom. The van der Waals surface area contributed by atoms with E-state index in [1.807, 2.05) is 12.1 Å². The van der Waals surface area contributed by atoms with Crippen LogP contribution in [0.15, 0.2) is 42.5 Å². The third kappa shape index (κ3) is 6.28. The van der Waals surface area contributed by atoms with Crippen LogP contribution in [0.5, 0.6) is 11.5 Å². The lowest BCUT2D eigenvalue weighted by Crippen LogP contribution is -2.43. The molecule has 1 aliphatic heterocycles. The minimum atomic E-state index is -4.45. The van der Waals surface area contributed by atoms with Gasteiger partial charge in [0.15, 0.2) is 16.6 Å². The summed E-state index contributed by atoms with van der Waals surface area (Å²) in [5, 5.41) is 3.00. The van der Waals surface area contributed by atoms with Gasteiger partial charge in [0.25, 0.3) is 0 Å². The summed E-state index contributed by atoms with van der Waals surface area (Å²) in [7, 11) is 3.10. The molecule has 2 aromatic rings. The highest BCUT2D eigenvalue weighted by atomic mass is 32.1. The molecule has 0 aromatic heterocycles. The average molecular weight is 483 g/mol. The van der Waals surface area contributed by atoms with Gasteiger partial charge in [-0.3, -0.25) is 0 Å². The van der Waals surface area contributed by atoms with Crippen LogP contribution in [0.4, 0.5) is 18.9 Å². The molecule has 1 atom stereocenters. The van der Waals surface area contributed by atoms with Gasteiger partial charge in [-0.2, -0.15) is 13.2 Å². The van der Waals surface area contributed by atoms with Crippen LogP contribution in [-0.4, -0.2) is 49.4 Å². The van der Waals surface area contributed by atoms with E-state index >= 15 is 0 Å². The largest absolute Gasteiger partial charge is 0.493 e. The van der Waals surface area contributed by atoms with Crippen LogP contribution in [0.3, 0.4) is 0 Å². The number of halogens is 3. The third-order valence-electron chi connectivity index (χ3n) is 5.31. The lowest BCUT2D eigenvalue weighted by molar-refractivity contribution is -0.147. The molecule has 0 unspecified atom stereocenters. The van der Waals surface area contributed by atoms with Gasteiger partial charge in [-0.1, -0.05) is 12.1 Å². The number of carbonyl (C=O) groups is 1. The summed E-state index contributed by atoms with van der Waals surface area (Å²) in [4.78, 5) is 14.3. The second-order valence-electron chi connectivity index (χ2n) is 7.47. The first-order valence-electron chi connectivity index (χ1n) is 10.4. The number of esters is 1. The van der Waals surface area contributed by atoms with Crippen molar-refractivity contribution in [1.29, 1.82) is 0 Å². The lowest BCUT2D eigenvalue weighted by Gasteiger charge is -2.26. The molecule has 0 aliphatic carbocycles. The van der Waals surface area contributed by atoms with Crippen molar-refractivity contribution in [3.05, 3.63) is 53.6 Å². The monoisotopic (exact) mass is 482 g/mol. The van der Waals surface area contributed by atoms with Crippen LogP contribution in [0.1, 0.15) is 24.0 Å². The number of anilines is 1. The molecule has 0 saturated carbocycles. The van der Waals surface area contributed by atoms with Crippen LogP contribution < -0.4 is 14.8 Å². The van der Waals surface area contributed by atoms with Crippen molar-refractivity contribution in [2.24, 2.45) is 0 Å². The van der Waals surface area contributed by atoms with Crippen molar-refractivity contribution in [2.75, 3.05) is 32.7 Å². The molecule has 1 N–H and O–H groups in total. The molecule has 3 rings (SSSR count). The van der Waals surface area contributed by atoms with Crippen molar-refractivity contribution in [3.63, 3.8) is 0 Å². The van der Waals surface area contributed by atoms with Crippen LogP contribution in [0.25, 0.3) is 0 Å². The fourth-order valence-corrected chi connectivity index (χ4v) is 3.96. The summed E-state index contributed by atoms with van der Waals surface area (Å²) in [5.74, 6) is 0.789. The Labute approximate surface area is 195 Å². The molecular formula is C23H25F3N2O4S. The number of thiocarbonyl (C=S) groups is 1. The zero-order valence-electron chi connectivity index (χ0n) is 18.3. The molecule has 10 heteroatoms. The van der Waals surface area contributed by atoms with E-state index in [1.165, 1.54) is 12.1 Å². The quantitative estimate of drug-likeness (QED) is 0.455. The SMILES string of the molecule is COc1ccc(CCOC(=O)[C@@H]2CCCN2C(=S)Nc2cccc(C(F)(F)F)c2)cc1OC. The van der Waals surface area contributed by atoms with Gasteiger partial charge in [-0.15, -0.1) is 0 Å². The smallest absolute Gasteiger partial charge is 0.416 e. The van der Waals surface area contributed by atoms with Crippen molar-refractivity contribution < 1.29 is 32.2 Å². The van der Waals surface area contributed by atoms with E-state index in [0.29, 0.717) is 30.9 Å². The first-order chi connectivity index (χ1) is 15.7. The van der Waals surface area contributed by atoms with Crippen molar-refractivity contribution in [3.8, 4) is 11.5 Å². The number of nitrogens with zero attached hydrogens (tertiary/aromatic N) is 1. The zero-order chi connectivity index (χ0) is 24.0. The molecule has 1 saturated heterocycles. The number of likely N-dealkylation sites (tertiary alicyclic amines) is 1. The molecule has 6 nitrogen and oxygen atoms in total. The number of carbonyl (C=O) groups excluding carboxylic acids is 1. The second-order valence-corrected chi connectivity index (χ2v) is 7.85. The van der Waals surface area contributed by atoms with Gasteiger partial charge in [-0.05, 0) is 61.0 Å². The molecule has 0 amide bonds. The maximum absolute atomic E-state index is 12.9. The molecule has 33 heavy (non-hydrogen) atoms. The number of hydrogen-bond donors (Lipinski definition) is 1. The van der Waals surface area contributed by atoms with Crippen molar-refractivity contribution in [2.45, 2.75) is 31.5 Å². The Morgan fingerprint density at radius 1 is 1.15 bits per heavy atom. The number of nitrogens with one attached hydrogen (secondary N) is 1. The Bertz CT molecular complexity index is 1000. The molecule has 0 radical (unpaired) electrons. The fourth-order valence-electron chi connectivity index (χ4n) is 3.63. The normalized spacial score (nSPS) is 15.8. The lowest BCUT2D eigenvalue weighted by atomic mass is 10.1. The van der Waals surface area contributed by atoms with E-state index in [1.54, 1.807) is 25.2 Å². The van der Waals surface area contributed by atoms with E-state index < -0.39 is 23.8 Å². The molecule has 0 spiro atoms. The highest BCUT2D eigenvalue weighted by Gasteiger charge is 2.34. The predicted molar refractivity (Wildman–Crippen MR) is 122 cm³/mol. The van der Waals surface area contributed by atoms with E-state index in [2.05, 4.69) is 5.32 Å². The van der Waals surface area contributed by atoms with E-state index in [-0.39, 0.29) is 17.4 Å². The minimum absolute atomic E-state index is 0.173.